The molecule has 0 aliphatic carbocycles. The van der Waals surface area contributed by atoms with E-state index < -0.39 is 0 Å². The predicted octanol–water partition coefficient (Wildman–Crippen LogP) is 2.40. The van der Waals surface area contributed by atoms with Gasteiger partial charge in [-0.05, 0) is 37.8 Å². The standard InChI is InChI=1S/C15H22N2O3/c1-3-11-20-13-8-6-9-16-14(13)17-10-5-4-7-12(17)15(18)19-2/h6,8-9,12H,3-5,7,10-11H2,1-2H3. The van der Waals surface area contributed by atoms with Crippen LogP contribution < -0.4 is 9.64 Å². The molecular formula is C15H22N2O3. The minimum Gasteiger partial charge on any atom is -0.490 e. The van der Waals surface area contributed by atoms with Crippen LogP contribution >= 0.6 is 0 Å². The molecule has 0 bridgehead atoms. The summed E-state index contributed by atoms with van der Waals surface area (Å²) in [5.74, 6) is 1.29. The molecular weight excluding hydrogens is 256 g/mol. The Morgan fingerprint density at radius 2 is 2.35 bits per heavy atom. The van der Waals surface area contributed by atoms with Gasteiger partial charge < -0.3 is 14.4 Å². The van der Waals surface area contributed by atoms with Gasteiger partial charge in [-0.15, -0.1) is 0 Å². The van der Waals surface area contributed by atoms with E-state index in [1.165, 1.54) is 7.11 Å². The van der Waals surface area contributed by atoms with E-state index >= 15 is 0 Å². The number of hydrogen-bond acceptors (Lipinski definition) is 5. The Morgan fingerprint density at radius 1 is 1.50 bits per heavy atom. The average Bonchev–Trinajstić information content (AvgIpc) is 2.52. The van der Waals surface area contributed by atoms with Crippen LogP contribution in [0, 0.1) is 0 Å². The zero-order valence-corrected chi connectivity index (χ0v) is 12.2. The first kappa shape index (κ1) is 14.6. The van der Waals surface area contributed by atoms with Gasteiger partial charge in [0.1, 0.15) is 6.04 Å². The summed E-state index contributed by atoms with van der Waals surface area (Å²) >= 11 is 0. The number of anilines is 1. The van der Waals surface area contributed by atoms with Gasteiger partial charge in [0.15, 0.2) is 11.6 Å². The highest BCUT2D eigenvalue weighted by Gasteiger charge is 2.31. The Hall–Kier alpha value is -1.78. The van der Waals surface area contributed by atoms with Gasteiger partial charge in [0.25, 0.3) is 0 Å². The second kappa shape index (κ2) is 7.12. The van der Waals surface area contributed by atoms with Crippen LogP contribution in [0.15, 0.2) is 18.3 Å². The van der Waals surface area contributed by atoms with Crippen molar-refractivity contribution in [2.45, 2.75) is 38.6 Å². The van der Waals surface area contributed by atoms with E-state index in [0.29, 0.717) is 6.61 Å². The lowest BCUT2D eigenvalue weighted by atomic mass is 10.0. The molecule has 0 amide bonds. The highest BCUT2D eigenvalue weighted by Crippen LogP contribution is 2.31. The van der Waals surface area contributed by atoms with Crippen molar-refractivity contribution in [3.8, 4) is 5.75 Å². The number of aromatic nitrogens is 1. The normalized spacial score (nSPS) is 18.7. The molecule has 5 nitrogen and oxygen atoms in total. The van der Waals surface area contributed by atoms with E-state index in [0.717, 1.165) is 43.8 Å². The van der Waals surface area contributed by atoms with E-state index in [1.54, 1.807) is 6.20 Å². The third-order valence-electron chi connectivity index (χ3n) is 3.46. The third-order valence-corrected chi connectivity index (χ3v) is 3.46. The van der Waals surface area contributed by atoms with Crippen LogP contribution in [0.4, 0.5) is 5.82 Å². The van der Waals surface area contributed by atoms with Crippen LogP contribution in [0.25, 0.3) is 0 Å². The van der Waals surface area contributed by atoms with Crippen molar-refractivity contribution in [2.24, 2.45) is 0 Å². The molecule has 5 heteroatoms. The van der Waals surface area contributed by atoms with Gasteiger partial charge >= 0.3 is 5.97 Å². The molecule has 1 saturated heterocycles. The zero-order valence-electron chi connectivity index (χ0n) is 12.2. The molecule has 1 aromatic heterocycles. The van der Waals surface area contributed by atoms with E-state index in [9.17, 15) is 4.79 Å². The van der Waals surface area contributed by atoms with Crippen LogP contribution in [0.5, 0.6) is 5.75 Å². The number of esters is 1. The fraction of sp³-hybridized carbons (Fsp3) is 0.600. The molecule has 0 spiro atoms. The number of pyridine rings is 1. The van der Waals surface area contributed by atoms with Crippen LogP contribution in [-0.2, 0) is 9.53 Å². The monoisotopic (exact) mass is 278 g/mol. The molecule has 0 aromatic carbocycles. The molecule has 1 atom stereocenters. The number of piperidine rings is 1. The summed E-state index contributed by atoms with van der Waals surface area (Å²) in [6.07, 6.45) is 5.56. The van der Waals surface area contributed by atoms with Crippen molar-refractivity contribution < 1.29 is 14.3 Å². The lowest BCUT2D eigenvalue weighted by Crippen LogP contribution is -2.46. The van der Waals surface area contributed by atoms with Crippen LogP contribution in [0.3, 0.4) is 0 Å². The molecule has 1 aliphatic heterocycles. The number of ether oxygens (including phenoxy) is 2. The number of hydrogen-bond donors (Lipinski definition) is 0. The van der Waals surface area contributed by atoms with E-state index in [1.807, 2.05) is 17.0 Å². The van der Waals surface area contributed by atoms with E-state index in [-0.39, 0.29) is 12.0 Å². The van der Waals surface area contributed by atoms with Crippen molar-refractivity contribution in [1.82, 2.24) is 4.98 Å². The van der Waals surface area contributed by atoms with Gasteiger partial charge in [0.05, 0.1) is 13.7 Å². The number of carbonyl (C=O) groups is 1. The summed E-state index contributed by atoms with van der Waals surface area (Å²) in [5, 5.41) is 0. The smallest absolute Gasteiger partial charge is 0.328 e. The highest BCUT2D eigenvalue weighted by atomic mass is 16.5. The maximum absolute atomic E-state index is 11.9. The number of methoxy groups -OCH3 is 1. The fourth-order valence-electron chi connectivity index (χ4n) is 2.49. The minimum atomic E-state index is -0.257. The van der Waals surface area contributed by atoms with Crippen LogP contribution in [0.2, 0.25) is 0 Å². The topological polar surface area (TPSA) is 51.7 Å². The first-order chi connectivity index (χ1) is 9.77. The summed E-state index contributed by atoms with van der Waals surface area (Å²) in [5.41, 5.74) is 0. The number of nitrogens with zero attached hydrogens (tertiary/aromatic N) is 2. The number of carbonyl (C=O) groups excluding carboxylic acids is 1. The highest BCUT2D eigenvalue weighted by molar-refractivity contribution is 5.80. The molecule has 1 fully saturated rings. The largest absolute Gasteiger partial charge is 0.490 e. The fourth-order valence-corrected chi connectivity index (χ4v) is 2.49. The summed E-state index contributed by atoms with van der Waals surface area (Å²) in [7, 11) is 1.43. The SMILES string of the molecule is CCCOc1cccnc1N1CCCCC1C(=O)OC. The molecule has 2 rings (SSSR count). The van der Waals surface area contributed by atoms with Crippen molar-refractivity contribution in [1.29, 1.82) is 0 Å². The molecule has 0 N–H and O–H groups in total. The second-order valence-electron chi connectivity index (χ2n) is 4.90. The molecule has 0 saturated carbocycles. The minimum absolute atomic E-state index is 0.197. The van der Waals surface area contributed by atoms with Crippen LogP contribution in [-0.4, -0.2) is 37.3 Å². The Labute approximate surface area is 119 Å². The maximum Gasteiger partial charge on any atom is 0.328 e. The van der Waals surface area contributed by atoms with E-state index in [2.05, 4.69) is 11.9 Å². The number of rotatable bonds is 5. The Bertz CT molecular complexity index is 450. The molecule has 0 radical (unpaired) electrons. The summed E-state index contributed by atoms with van der Waals surface area (Å²) in [6, 6.07) is 3.50. The molecule has 1 unspecified atom stereocenters. The van der Waals surface area contributed by atoms with Gasteiger partial charge in [-0.1, -0.05) is 6.92 Å². The summed E-state index contributed by atoms with van der Waals surface area (Å²) in [6.45, 7) is 3.52. The summed E-state index contributed by atoms with van der Waals surface area (Å²) in [4.78, 5) is 18.4. The van der Waals surface area contributed by atoms with Gasteiger partial charge in [-0.25, -0.2) is 9.78 Å². The maximum atomic E-state index is 11.9. The molecule has 20 heavy (non-hydrogen) atoms. The first-order valence-corrected chi connectivity index (χ1v) is 7.20. The predicted molar refractivity (Wildman–Crippen MR) is 77.0 cm³/mol. The Kier molecular flexibility index (Phi) is 5.21. The van der Waals surface area contributed by atoms with Gasteiger partial charge in [0.2, 0.25) is 0 Å². The molecule has 110 valence electrons. The zero-order chi connectivity index (χ0) is 14.4. The summed E-state index contributed by atoms with van der Waals surface area (Å²) < 4.78 is 10.7. The Balaban J connectivity index is 2.25. The quantitative estimate of drug-likeness (QED) is 0.774. The molecule has 1 aliphatic rings. The average molecular weight is 278 g/mol. The second-order valence-corrected chi connectivity index (χ2v) is 4.90. The Morgan fingerprint density at radius 3 is 3.10 bits per heavy atom. The lowest BCUT2D eigenvalue weighted by Gasteiger charge is -2.35. The van der Waals surface area contributed by atoms with Gasteiger partial charge in [-0.2, -0.15) is 0 Å². The molecule has 1 aromatic rings. The van der Waals surface area contributed by atoms with Crippen molar-refractivity contribution in [2.75, 3.05) is 25.2 Å². The molecule has 2 heterocycles. The van der Waals surface area contributed by atoms with Gasteiger partial charge in [-0.3, -0.25) is 0 Å². The lowest BCUT2D eigenvalue weighted by molar-refractivity contribution is -0.142. The third kappa shape index (κ3) is 3.21. The van der Waals surface area contributed by atoms with Gasteiger partial charge in [0, 0.05) is 12.7 Å². The van der Waals surface area contributed by atoms with Crippen molar-refractivity contribution in [3.63, 3.8) is 0 Å². The van der Waals surface area contributed by atoms with E-state index in [4.69, 9.17) is 9.47 Å². The van der Waals surface area contributed by atoms with Crippen LogP contribution in [0.1, 0.15) is 32.6 Å². The first-order valence-electron chi connectivity index (χ1n) is 7.20. The van der Waals surface area contributed by atoms with Crippen molar-refractivity contribution >= 4 is 11.8 Å². The van der Waals surface area contributed by atoms with Crippen molar-refractivity contribution in [3.05, 3.63) is 18.3 Å².